The highest BCUT2D eigenvalue weighted by molar-refractivity contribution is 6.03. The van der Waals surface area contributed by atoms with Gasteiger partial charge in [0.1, 0.15) is 17.1 Å². The maximum absolute atomic E-state index is 12.5. The van der Waals surface area contributed by atoms with Gasteiger partial charge in [-0.25, -0.2) is 0 Å². The smallest absolute Gasteiger partial charge is 0.274 e. The average Bonchev–Trinajstić information content (AvgIpc) is 3.29. The number of benzene rings is 1. The lowest BCUT2D eigenvalue weighted by Gasteiger charge is -2.05. The molecule has 1 amide bonds. The fourth-order valence-corrected chi connectivity index (χ4v) is 2.56. The van der Waals surface area contributed by atoms with Crippen molar-refractivity contribution >= 4 is 17.2 Å². The van der Waals surface area contributed by atoms with Gasteiger partial charge in [0.15, 0.2) is 0 Å². The Kier molecular flexibility index (Phi) is 30.8. The predicted octanol–water partition coefficient (Wildman–Crippen LogP) is 7.36. The number of nitrogens with one attached hydrogen (secondary N) is 2. The molecule has 0 aliphatic carbocycles. The van der Waals surface area contributed by atoms with Crippen molar-refractivity contribution in [2.24, 2.45) is 0 Å². The van der Waals surface area contributed by atoms with E-state index in [2.05, 4.69) is 36.8 Å². The van der Waals surface area contributed by atoms with E-state index in [0.717, 1.165) is 5.56 Å². The molecule has 0 aliphatic rings. The number of aromatic hydroxyl groups is 1. The number of phenolic OH excluding ortho intramolecular Hbond substituents is 1. The summed E-state index contributed by atoms with van der Waals surface area (Å²) in [6, 6.07) is 9.55. The number of amides is 1. The van der Waals surface area contributed by atoms with Gasteiger partial charge in [-0.15, -0.1) is 12.3 Å². The summed E-state index contributed by atoms with van der Waals surface area (Å²) in [5.74, 6) is 2.00. The third-order valence-electron chi connectivity index (χ3n) is 3.67. The number of terminal acetylenes is 1. The molecular weight excluding hydrogens is 476 g/mol. The summed E-state index contributed by atoms with van der Waals surface area (Å²) in [6.45, 7) is 22.4. The first kappa shape index (κ1) is 41.6. The summed E-state index contributed by atoms with van der Waals surface area (Å²) in [5.41, 5.74) is 2.13. The lowest BCUT2D eigenvalue weighted by Crippen LogP contribution is -2.21. The number of phenols is 1. The molecule has 3 N–H and O–H groups in total. The molecular formula is C31H54N4O3. The van der Waals surface area contributed by atoms with E-state index in [-0.39, 0.29) is 22.9 Å². The number of anilines is 1. The Morgan fingerprint density at radius 3 is 1.79 bits per heavy atom. The number of aryl methyl sites for hydroxylation is 2. The topological polar surface area (TPSA) is 87.8 Å². The average molecular weight is 531 g/mol. The van der Waals surface area contributed by atoms with E-state index in [1.54, 1.807) is 25.3 Å². The standard InChI is InChI=1S/C17H17N3O3.C3H8.C3H4.C2H7N.3C2H6/c1-3-19-10-14(20-15(19)8-11(2)9-16(20)22)17(23)18-12-4-6-13(21)7-5-12;3*1-3-2;3*1-2/h4-10,21H,3H2,1-2H3,(H,18,23);3H2,1-2H3;1H,2H3;3H,1-2H3;3*1-2H3. The number of rotatable bonds is 3. The van der Waals surface area contributed by atoms with Crippen LogP contribution in [0.5, 0.6) is 5.75 Å². The molecule has 0 bridgehead atoms. The lowest BCUT2D eigenvalue weighted by atomic mass is 10.3. The Balaban J connectivity index is -0.000000327. The number of hydrogen-bond acceptors (Lipinski definition) is 4. The van der Waals surface area contributed by atoms with Gasteiger partial charge >= 0.3 is 0 Å². The zero-order valence-electron chi connectivity index (χ0n) is 26.2. The SMILES string of the molecule is C#CC.CC.CC.CC.CCC.CCn1cc(C(=O)Nc2ccc(O)cc2)n2c(=O)cc(C)cc12.CNC. The summed E-state index contributed by atoms with van der Waals surface area (Å²) in [4.78, 5) is 24.8. The summed E-state index contributed by atoms with van der Waals surface area (Å²) in [7, 11) is 3.75. The summed E-state index contributed by atoms with van der Waals surface area (Å²) >= 11 is 0. The maximum atomic E-state index is 12.5. The van der Waals surface area contributed by atoms with E-state index in [1.807, 2.05) is 80.1 Å². The molecule has 1 aromatic carbocycles. The molecule has 38 heavy (non-hydrogen) atoms. The normalized spacial score (nSPS) is 8.21. The number of fused-ring (bicyclic) bond motifs is 1. The largest absolute Gasteiger partial charge is 0.508 e. The van der Waals surface area contributed by atoms with Gasteiger partial charge in [0, 0.05) is 24.5 Å². The lowest BCUT2D eigenvalue weighted by molar-refractivity contribution is 0.102. The second-order valence-corrected chi connectivity index (χ2v) is 6.86. The first-order valence-electron chi connectivity index (χ1n) is 13.5. The van der Waals surface area contributed by atoms with E-state index in [0.29, 0.717) is 17.9 Å². The van der Waals surface area contributed by atoms with Crippen LogP contribution in [0.25, 0.3) is 5.65 Å². The summed E-state index contributed by atoms with van der Waals surface area (Å²) in [5, 5.41) is 14.8. The number of carbonyl (C=O) groups excluding carboxylic acids is 1. The van der Waals surface area contributed by atoms with Crippen molar-refractivity contribution in [2.75, 3.05) is 19.4 Å². The van der Waals surface area contributed by atoms with Crippen LogP contribution in [0.3, 0.4) is 0 Å². The Morgan fingerprint density at radius 1 is 0.974 bits per heavy atom. The number of carbonyl (C=O) groups is 1. The highest BCUT2D eigenvalue weighted by Gasteiger charge is 2.16. The predicted molar refractivity (Wildman–Crippen MR) is 168 cm³/mol. The van der Waals surface area contributed by atoms with Crippen molar-refractivity contribution in [2.45, 2.75) is 89.1 Å². The van der Waals surface area contributed by atoms with E-state index in [9.17, 15) is 14.7 Å². The van der Waals surface area contributed by atoms with Crippen molar-refractivity contribution < 1.29 is 9.90 Å². The molecule has 0 fully saturated rings. The number of pyridine rings is 1. The Labute approximate surface area is 232 Å². The minimum Gasteiger partial charge on any atom is -0.508 e. The van der Waals surface area contributed by atoms with Gasteiger partial charge in [0.25, 0.3) is 11.5 Å². The molecule has 2 aromatic heterocycles. The third-order valence-corrected chi connectivity index (χ3v) is 3.67. The molecule has 2 heterocycles. The van der Waals surface area contributed by atoms with Crippen molar-refractivity contribution in [1.29, 1.82) is 0 Å². The van der Waals surface area contributed by atoms with Gasteiger partial charge in [-0.3, -0.25) is 14.0 Å². The van der Waals surface area contributed by atoms with Gasteiger partial charge < -0.3 is 20.3 Å². The molecule has 0 atom stereocenters. The molecule has 0 spiro atoms. The first-order chi connectivity index (χ1) is 18.2. The molecule has 0 saturated carbocycles. The molecule has 0 radical (unpaired) electrons. The van der Waals surface area contributed by atoms with Crippen molar-refractivity contribution in [1.82, 2.24) is 14.3 Å². The van der Waals surface area contributed by atoms with Gasteiger partial charge in [-0.1, -0.05) is 61.8 Å². The van der Waals surface area contributed by atoms with Gasteiger partial charge in [-0.2, -0.15) is 0 Å². The first-order valence-corrected chi connectivity index (χ1v) is 13.5. The zero-order valence-corrected chi connectivity index (χ0v) is 26.2. The van der Waals surface area contributed by atoms with Crippen LogP contribution in [0.15, 0.2) is 47.4 Å². The van der Waals surface area contributed by atoms with Crippen LogP contribution >= 0.6 is 0 Å². The third kappa shape index (κ3) is 16.3. The van der Waals surface area contributed by atoms with Crippen LogP contribution in [0.4, 0.5) is 5.69 Å². The monoisotopic (exact) mass is 530 g/mol. The molecule has 3 rings (SSSR count). The van der Waals surface area contributed by atoms with Crippen LogP contribution in [-0.4, -0.2) is 34.1 Å². The van der Waals surface area contributed by atoms with Crippen LogP contribution in [0.1, 0.15) is 91.7 Å². The quantitative estimate of drug-likeness (QED) is 0.244. The second kappa shape index (κ2) is 28.1. The minimum absolute atomic E-state index is 0.122. The summed E-state index contributed by atoms with van der Waals surface area (Å²) < 4.78 is 3.27. The number of nitrogens with zero attached hydrogens (tertiary/aromatic N) is 2. The Bertz CT molecular complexity index is 1060. The molecule has 216 valence electrons. The van der Waals surface area contributed by atoms with Crippen molar-refractivity contribution in [3.05, 3.63) is 64.2 Å². The van der Waals surface area contributed by atoms with Crippen LogP contribution in [0, 0.1) is 19.3 Å². The van der Waals surface area contributed by atoms with Crippen molar-refractivity contribution in [3.63, 3.8) is 0 Å². The van der Waals surface area contributed by atoms with E-state index >= 15 is 0 Å². The van der Waals surface area contributed by atoms with Crippen molar-refractivity contribution in [3.8, 4) is 18.1 Å². The van der Waals surface area contributed by atoms with Crippen LogP contribution in [-0.2, 0) is 6.54 Å². The highest BCUT2D eigenvalue weighted by Crippen LogP contribution is 2.16. The number of hydrogen-bond donors (Lipinski definition) is 3. The molecule has 0 aliphatic heterocycles. The van der Waals surface area contributed by atoms with E-state index in [1.165, 1.54) is 29.0 Å². The molecule has 7 heteroatoms. The van der Waals surface area contributed by atoms with Crippen LogP contribution in [0.2, 0.25) is 0 Å². The molecule has 0 unspecified atom stereocenters. The van der Waals surface area contributed by atoms with Gasteiger partial charge in [-0.05, 0) is 70.8 Å². The minimum atomic E-state index is -0.376. The Hall–Kier alpha value is -3.50. The fourth-order valence-electron chi connectivity index (χ4n) is 2.56. The fraction of sp³-hybridized carbons (Fsp3) is 0.484. The zero-order chi connectivity index (χ0) is 30.7. The van der Waals surface area contributed by atoms with E-state index < -0.39 is 0 Å². The molecule has 0 saturated heterocycles. The Morgan fingerprint density at radius 2 is 1.39 bits per heavy atom. The van der Waals surface area contributed by atoms with E-state index in [4.69, 9.17) is 0 Å². The van der Waals surface area contributed by atoms with Gasteiger partial charge in [0.05, 0.1) is 0 Å². The number of aromatic nitrogens is 2. The second-order valence-electron chi connectivity index (χ2n) is 6.86. The molecule has 3 aromatic rings. The van der Waals surface area contributed by atoms with Gasteiger partial charge in [0.2, 0.25) is 0 Å². The highest BCUT2D eigenvalue weighted by atomic mass is 16.3. The maximum Gasteiger partial charge on any atom is 0.274 e. The van der Waals surface area contributed by atoms with Crippen LogP contribution < -0.4 is 16.2 Å². The number of imidazole rings is 1. The molecule has 7 nitrogen and oxygen atoms in total. The summed E-state index contributed by atoms with van der Waals surface area (Å²) in [6.07, 6.45) is 7.52.